The smallest absolute Gasteiger partial charge is 0.248 e. The van der Waals surface area contributed by atoms with Crippen LogP contribution in [0.4, 0.5) is 5.69 Å². The van der Waals surface area contributed by atoms with E-state index in [-0.39, 0.29) is 24.3 Å². The quantitative estimate of drug-likeness (QED) is 0.329. The molecule has 1 aliphatic rings. The molecule has 0 spiro atoms. The molecular weight excluding hydrogens is 500 g/mol. The second-order valence-electron chi connectivity index (χ2n) is 9.31. The van der Waals surface area contributed by atoms with Gasteiger partial charge in [0.1, 0.15) is 23.3 Å². The van der Waals surface area contributed by atoms with Crippen molar-refractivity contribution in [1.29, 1.82) is 0 Å². The lowest BCUT2D eigenvalue weighted by molar-refractivity contribution is -0.127. The largest absolute Gasteiger partial charge is 0.497 e. The molecule has 38 heavy (non-hydrogen) atoms. The van der Waals surface area contributed by atoms with Gasteiger partial charge in [-0.25, -0.2) is 0 Å². The van der Waals surface area contributed by atoms with Crippen molar-refractivity contribution in [2.75, 3.05) is 25.7 Å². The molecule has 1 aliphatic carbocycles. The summed E-state index contributed by atoms with van der Waals surface area (Å²) in [6.07, 6.45) is 5.36. The van der Waals surface area contributed by atoms with Gasteiger partial charge in [-0.3, -0.25) is 14.5 Å². The minimum Gasteiger partial charge on any atom is -0.497 e. The number of hydrogen-bond acceptors (Lipinski definition) is 6. The molecule has 0 saturated heterocycles. The lowest BCUT2D eigenvalue weighted by Crippen LogP contribution is -2.47. The topological polar surface area (TPSA) is 77.1 Å². The predicted octanol–water partition coefficient (Wildman–Crippen LogP) is 5.93. The van der Waals surface area contributed by atoms with Gasteiger partial charge in [-0.15, -0.1) is 11.3 Å². The first-order chi connectivity index (χ1) is 18.5. The number of nitrogens with zero attached hydrogens (tertiary/aromatic N) is 1. The molecule has 3 aromatic rings. The fourth-order valence-electron chi connectivity index (χ4n) is 4.93. The summed E-state index contributed by atoms with van der Waals surface area (Å²) in [6, 6.07) is 15.7. The lowest BCUT2D eigenvalue weighted by atomic mass is 9.94. The van der Waals surface area contributed by atoms with Crippen LogP contribution in [0.3, 0.4) is 0 Å². The third kappa shape index (κ3) is 6.67. The standard InChI is InChI=1S/C30H36N2O5S/c1-4-37-27-15-9-8-14-26(27)29(30(34)31-21-11-6-5-7-12-21)32(28(33)20-25-13-10-16-38-25)22-17-23(35-2)19-24(18-22)36-3/h8-10,13-19,21,29H,4-7,11-12,20H2,1-3H3,(H,31,34)/t29-/m0/s1. The molecule has 0 radical (unpaired) electrons. The van der Waals surface area contributed by atoms with Crippen LogP contribution >= 0.6 is 11.3 Å². The summed E-state index contributed by atoms with van der Waals surface area (Å²) in [4.78, 5) is 30.8. The zero-order valence-electron chi connectivity index (χ0n) is 22.3. The van der Waals surface area contributed by atoms with Crippen LogP contribution < -0.4 is 24.4 Å². The van der Waals surface area contributed by atoms with Crippen LogP contribution in [-0.4, -0.2) is 38.7 Å². The molecule has 2 amide bonds. The number of methoxy groups -OCH3 is 2. The van der Waals surface area contributed by atoms with E-state index in [1.54, 1.807) is 37.3 Å². The SMILES string of the molecule is CCOc1ccccc1[C@@H](C(=O)NC1CCCCC1)N(C(=O)Cc1cccs1)c1cc(OC)cc(OC)c1. The Morgan fingerprint density at radius 3 is 2.34 bits per heavy atom. The molecule has 1 atom stereocenters. The molecule has 202 valence electrons. The van der Waals surface area contributed by atoms with Crippen molar-refractivity contribution < 1.29 is 23.8 Å². The van der Waals surface area contributed by atoms with Crippen molar-refractivity contribution in [3.8, 4) is 17.2 Å². The normalized spacial score (nSPS) is 14.4. The third-order valence-electron chi connectivity index (χ3n) is 6.76. The summed E-state index contributed by atoms with van der Waals surface area (Å²) in [5, 5.41) is 5.20. The molecule has 8 heteroatoms. The Hall–Kier alpha value is -3.52. The second kappa shape index (κ2) is 13.3. The fraction of sp³-hybridized carbons (Fsp3) is 0.400. The predicted molar refractivity (Wildman–Crippen MR) is 150 cm³/mol. The van der Waals surface area contributed by atoms with Crippen molar-refractivity contribution in [3.05, 3.63) is 70.4 Å². The molecule has 1 aromatic heterocycles. The average molecular weight is 537 g/mol. The molecule has 0 bridgehead atoms. The van der Waals surface area contributed by atoms with Crippen molar-refractivity contribution in [1.82, 2.24) is 5.32 Å². The van der Waals surface area contributed by atoms with E-state index in [2.05, 4.69) is 5.32 Å². The highest BCUT2D eigenvalue weighted by atomic mass is 32.1. The van der Waals surface area contributed by atoms with Gasteiger partial charge >= 0.3 is 0 Å². The van der Waals surface area contributed by atoms with Gasteiger partial charge in [-0.1, -0.05) is 43.5 Å². The maximum atomic E-state index is 14.2. The van der Waals surface area contributed by atoms with E-state index in [1.165, 1.54) is 17.8 Å². The zero-order chi connectivity index (χ0) is 26.9. The number of thiophene rings is 1. The van der Waals surface area contributed by atoms with Gasteiger partial charge in [0.2, 0.25) is 11.8 Å². The van der Waals surface area contributed by atoms with Gasteiger partial charge in [-0.05, 0) is 37.3 Å². The zero-order valence-corrected chi connectivity index (χ0v) is 23.1. The van der Waals surface area contributed by atoms with Crippen LogP contribution in [0.25, 0.3) is 0 Å². The molecule has 1 N–H and O–H groups in total. The first kappa shape index (κ1) is 27.5. The number of ether oxygens (including phenoxy) is 3. The van der Waals surface area contributed by atoms with E-state index in [1.807, 2.05) is 48.7 Å². The van der Waals surface area contributed by atoms with E-state index in [4.69, 9.17) is 14.2 Å². The second-order valence-corrected chi connectivity index (χ2v) is 10.3. The van der Waals surface area contributed by atoms with Crippen LogP contribution in [-0.2, 0) is 16.0 Å². The van der Waals surface area contributed by atoms with Gasteiger partial charge < -0.3 is 19.5 Å². The molecule has 0 aliphatic heterocycles. The Kier molecular flexibility index (Phi) is 9.65. The van der Waals surface area contributed by atoms with E-state index >= 15 is 0 Å². The summed E-state index contributed by atoms with van der Waals surface area (Å²) in [7, 11) is 3.13. The molecule has 1 fully saturated rings. The number of anilines is 1. The van der Waals surface area contributed by atoms with E-state index < -0.39 is 6.04 Å². The lowest BCUT2D eigenvalue weighted by Gasteiger charge is -2.34. The maximum absolute atomic E-state index is 14.2. The Morgan fingerprint density at radius 2 is 1.71 bits per heavy atom. The number of hydrogen-bond donors (Lipinski definition) is 1. The summed E-state index contributed by atoms with van der Waals surface area (Å²) in [6.45, 7) is 2.34. The van der Waals surface area contributed by atoms with Crippen LogP contribution in [0.1, 0.15) is 55.5 Å². The van der Waals surface area contributed by atoms with Crippen LogP contribution in [0, 0.1) is 0 Å². The Bertz CT molecular complexity index is 1180. The molecular formula is C30H36N2O5S. The average Bonchev–Trinajstić information content (AvgIpc) is 3.45. The van der Waals surface area contributed by atoms with Crippen molar-refractivity contribution in [2.45, 2.75) is 57.5 Å². The summed E-state index contributed by atoms with van der Waals surface area (Å²) in [5.41, 5.74) is 1.14. The van der Waals surface area contributed by atoms with Crippen molar-refractivity contribution >= 4 is 28.8 Å². The van der Waals surface area contributed by atoms with E-state index in [9.17, 15) is 9.59 Å². The van der Waals surface area contributed by atoms with Crippen molar-refractivity contribution in [3.63, 3.8) is 0 Å². The molecule has 1 heterocycles. The van der Waals surface area contributed by atoms with Crippen molar-refractivity contribution in [2.24, 2.45) is 0 Å². The van der Waals surface area contributed by atoms with Gasteiger partial charge in [0, 0.05) is 34.7 Å². The number of carbonyl (C=O) groups excluding carboxylic acids is 2. The molecule has 1 saturated carbocycles. The van der Waals surface area contributed by atoms with Crippen LogP contribution in [0.2, 0.25) is 0 Å². The minimum absolute atomic E-state index is 0.0760. The number of nitrogens with one attached hydrogen (secondary N) is 1. The first-order valence-electron chi connectivity index (χ1n) is 13.1. The van der Waals surface area contributed by atoms with Crippen LogP contribution in [0.15, 0.2) is 60.0 Å². The fourth-order valence-corrected chi connectivity index (χ4v) is 5.63. The Morgan fingerprint density at radius 1 is 1.00 bits per heavy atom. The number of para-hydroxylation sites is 1. The van der Waals surface area contributed by atoms with Gasteiger partial charge in [0.25, 0.3) is 0 Å². The maximum Gasteiger partial charge on any atom is 0.248 e. The summed E-state index contributed by atoms with van der Waals surface area (Å²) < 4.78 is 17.0. The molecule has 0 unspecified atom stereocenters. The Labute approximate surface area is 228 Å². The molecule has 2 aromatic carbocycles. The van der Waals surface area contributed by atoms with E-state index in [0.29, 0.717) is 35.1 Å². The first-order valence-corrected chi connectivity index (χ1v) is 14.0. The highest BCUT2D eigenvalue weighted by molar-refractivity contribution is 7.10. The molecule has 4 rings (SSSR count). The summed E-state index contributed by atoms with van der Waals surface area (Å²) >= 11 is 1.51. The van der Waals surface area contributed by atoms with Gasteiger partial charge in [0.15, 0.2) is 0 Å². The Balaban J connectivity index is 1.85. The van der Waals surface area contributed by atoms with E-state index in [0.717, 1.165) is 30.6 Å². The number of benzene rings is 2. The van der Waals surface area contributed by atoms with Gasteiger partial charge in [-0.2, -0.15) is 0 Å². The molecule has 7 nitrogen and oxygen atoms in total. The minimum atomic E-state index is -0.955. The monoisotopic (exact) mass is 536 g/mol. The highest BCUT2D eigenvalue weighted by Gasteiger charge is 2.36. The number of rotatable bonds is 11. The third-order valence-corrected chi connectivity index (χ3v) is 7.64. The van der Waals surface area contributed by atoms with Gasteiger partial charge in [0.05, 0.1) is 32.9 Å². The summed E-state index contributed by atoms with van der Waals surface area (Å²) in [5.74, 6) is 1.18. The number of carbonyl (C=O) groups is 2. The highest BCUT2D eigenvalue weighted by Crippen LogP contribution is 2.38. The number of amides is 2. The van der Waals surface area contributed by atoms with Crippen LogP contribution in [0.5, 0.6) is 17.2 Å².